The molecular weight excluding hydrogens is 326 g/mol. The van der Waals surface area contributed by atoms with E-state index in [9.17, 15) is 23.3 Å². The van der Waals surface area contributed by atoms with E-state index in [1.165, 1.54) is 25.3 Å². The molecule has 0 bridgehead atoms. The van der Waals surface area contributed by atoms with Crippen molar-refractivity contribution < 1.29 is 22.9 Å². The number of amides is 1. The molecule has 1 fully saturated rings. The zero-order chi connectivity index (χ0) is 17.2. The summed E-state index contributed by atoms with van der Waals surface area (Å²) in [6.07, 6.45) is 2.09. The first-order chi connectivity index (χ1) is 10.7. The number of nitrogens with zero attached hydrogens (tertiary/aromatic N) is 2. The van der Waals surface area contributed by atoms with Crippen LogP contribution in [0.4, 0.5) is 11.4 Å². The molecule has 2 rings (SSSR count). The maximum Gasteiger partial charge on any atom is 0.273 e. The van der Waals surface area contributed by atoms with E-state index in [0.717, 1.165) is 10.6 Å². The maximum absolute atomic E-state index is 12.4. The molecule has 10 heteroatoms. The minimum atomic E-state index is -3.47. The standard InChI is InChI=1S/C13H17N3O6S/c1-22-12-8-9(16(18)19)5-6-10(12)14-13(17)11-4-3-7-15(11)23(2,20)21/h5-6,8,11H,3-4,7H2,1-2H3,(H,14,17). The molecule has 1 unspecified atom stereocenters. The van der Waals surface area contributed by atoms with Crippen LogP contribution in [0.2, 0.25) is 0 Å². The summed E-state index contributed by atoms with van der Waals surface area (Å²) in [5.41, 5.74) is 0.0851. The topological polar surface area (TPSA) is 119 Å². The number of non-ortho nitro benzene ring substituents is 1. The molecule has 1 aliphatic rings. The highest BCUT2D eigenvalue weighted by Crippen LogP contribution is 2.30. The van der Waals surface area contributed by atoms with Crippen LogP contribution in [0.5, 0.6) is 5.75 Å². The fourth-order valence-corrected chi connectivity index (χ4v) is 3.64. The smallest absolute Gasteiger partial charge is 0.273 e. The van der Waals surface area contributed by atoms with Crippen LogP contribution in [-0.4, -0.2) is 49.5 Å². The lowest BCUT2D eigenvalue weighted by molar-refractivity contribution is -0.384. The predicted molar refractivity (Wildman–Crippen MR) is 82.8 cm³/mol. The number of benzene rings is 1. The fourth-order valence-electron chi connectivity index (χ4n) is 2.51. The number of nitro benzene ring substituents is 1. The number of rotatable bonds is 5. The van der Waals surface area contributed by atoms with Gasteiger partial charge in [-0.3, -0.25) is 14.9 Å². The van der Waals surface area contributed by atoms with Crippen LogP contribution in [0.15, 0.2) is 18.2 Å². The van der Waals surface area contributed by atoms with Crippen molar-refractivity contribution in [1.82, 2.24) is 4.31 Å². The highest BCUT2D eigenvalue weighted by atomic mass is 32.2. The Morgan fingerprint density at radius 3 is 2.74 bits per heavy atom. The molecule has 1 aliphatic heterocycles. The van der Waals surface area contributed by atoms with Crippen molar-refractivity contribution >= 4 is 27.3 Å². The van der Waals surface area contributed by atoms with Gasteiger partial charge in [0.15, 0.2) is 0 Å². The zero-order valence-corrected chi connectivity index (χ0v) is 13.5. The van der Waals surface area contributed by atoms with E-state index in [1.54, 1.807) is 0 Å². The van der Waals surface area contributed by atoms with E-state index in [0.29, 0.717) is 19.4 Å². The van der Waals surface area contributed by atoms with E-state index < -0.39 is 26.9 Å². The molecule has 23 heavy (non-hydrogen) atoms. The molecular formula is C13H17N3O6S. The lowest BCUT2D eigenvalue weighted by Gasteiger charge is -2.21. The van der Waals surface area contributed by atoms with Gasteiger partial charge in [-0.05, 0) is 18.9 Å². The quantitative estimate of drug-likeness (QED) is 0.628. The number of carbonyl (C=O) groups is 1. The van der Waals surface area contributed by atoms with E-state index in [2.05, 4.69) is 5.32 Å². The van der Waals surface area contributed by atoms with Crippen LogP contribution in [0.25, 0.3) is 0 Å². The normalized spacial score (nSPS) is 18.6. The third-order valence-corrected chi connectivity index (χ3v) is 4.88. The molecule has 0 spiro atoms. The summed E-state index contributed by atoms with van der Waals surface area (Å²) >= 11 is 0. The first-order valence-electron chi connectivity index (χ1n) is 6.84. The van der Waals surface area contributed by atoms with E-state index in [-0.39, 0.29) is 17.1 Å². The van der Waals surface area contributed by atoms with Gasteiger partial charge in [-0.1, -0.05) is 0 Å². The van der Waals surface area contributed by atoms with E-state index in [1.807, 2.05) is 0 Å². The van der Waals surface area contributed by atoms with Crippen molar-refractivity contribution in [1.29, 1.82) is 0 Å². The van der Waals surface area contributed by atoms with Crippen molar-refractivity contribution in [3.8, 4) is 5.75 Å². The summed E-state index contributed by atoms with van der Waals surface area (Å²) in [4.78, 5) is 22.5. The number of sulfonamides is 1. The Balaban J connectivity index is 2.22. The average Bonchev–Trinajstić information content (AvgIpc) is 2.97. The summed E-state index contributed by atoms with van der Waals surface area (Å²) in [6, 6.07) is 3.00. The lowest BCUT2D eigenvalue weighted by atomic mass is 10.2. The number of ether oxygens (including phenoxy) is 1. The molecule has 1 aromatic carbocycles. The molecule has 0 radical (unpaired) electrons. The second-order valence-electron chi connectivity index (χ2n) is 5.16. The Morgan fingerprint density at radius 2 is 2.17 bits per heavy atom. The van der Waals surface area contributed by atoms with Gasteiger partial charge >= 0.3 is 0 Å². The van der Waals surface area contributed by atoms with Crippen LogP contribution < -0.4 is 10.1 Å². The number of nitro groups is 1. The van der Waals surface area contributed by atoms with E-state index >= 15 is 0 Å². The summed E-state index contributed by atoms with van der Waals surface area (Å²) in [7, 11) is -2.14. The number of methoxy groups -OCH3 is 1. The molecule has 1 saturated heterocycles. The van der Waals surface area contributed by atoms with Crippen LogP contribution in [-0.2, 0) is 14.8 Å². The second-order valence-corrected chi connectivity index (χ2v) is 7.10. The molecule has 1 N–H and O–H groups in total. The molecule has 1 atom stereocenters. The first-order valence-corrected chi connectivity index (χ1v) is 8.69. The Hall–Kier alpha value is -2.20. The first kappa shape index (κ1) is 17.2. The molecule has 1 aromatic rings. The largest absolute Gasteiger partial charge is 0.494 e. The summed E-state index contributed by atoms with van der Waals surface area (Å²) in [5, 5.41) is 13.3. The number of nitrogens with one attached hydrogen (secondary N) is 1. The van der Waals surface area contributed by atoms with Gasteiger partial charge in [0.25, 0.3) is 5.69 Å². The van der Waals surface area contributed by atoms with Gasteiger partial charge in [0.1, 0.15) is 11.8 Å². The molecule has 126 valence electrons. The highest BCUT2D eigenvalue weighted by Gasteiger charge is 2.36. The Morgan fingerprint density at radius 1 is 1.48 bits per heavy atom. The minimum absolute atomic E-state index is 0.136. The van der Waals surface area contributed by atoms with Crippen molar-refractivity contribution in [3.63, 3.8) is 0 Å². The van der Waals surface area contributed by atoms with Crippen LogP contribution in [0, 0.1) is 10.1 Å². The Labute approximate surface area is 133 Å². The van der Waals surface area contributed by atoms with Gasteiger partial charge in [0, 0.05) is 12.6 Å². The molecule has 0 aromatic heterocycles. The summed E-state index contributed by atoms with van der Waals surface area (Å²) in [5.74, 6) is -0.350. The lowest BCUT2D eigenvalue weighted by Crippen LogP contribution is -2.42. The number of anilines is 1. The van der Waals surface area contributed by atoms with Crippen molar-refractivity contribution in [2.45, 2.75) is 18.9 Å². The number of carbonyl (C=O) groups excluding carboxylic acids is 1. The molecule has 9 nitrogen and oxygen atoms in total. The molecule has 1 amide bonds. The van der Waals surface area contributed by atoms with Gasteiger partial charge in [0.2, 0.25) is 15.9 Å². The monoisotopic (exact) mass is 343 g/mol. The number of hydrogen-bond donors (Lipinski definition) is 1. The van der Waals surface area contributed by atoms with E-state index in [4.69, 9.17) is 4.74 Å². The molecule has 0 saturated carbocycles. The fraction of sp³-hybridized carbons (Fsp3) is 0.462. The van der Waals surface area contributed by atoms with Crippen molar-refractivity contribution in [3.05, 3.63) is 28.3 Å². The SMILES string of the molecule is COc1cc([N+](=O)[O-])ccc1NC(=O)C1CCCN1S(C)(=O)=O. The second kappa shape index (κ2) is 6.50. The predicted octanol–water partition coefficient (Wildman–Crippen LogP) is 0.966. The third kappa shape index (κ3) is 3.77. The summed E-state index contributed by atoms with van der Waals surface area (Å²) < 4.78 is 29.6. The third-order valence-electron chi connectivity index (χ3n) is 3.59. The van der Waals surface area contributed by atoms with Crippen molar-refractivity contribution in [2.75, 3.05) is 25.2 Å². The summed E-state index contributed by atoms with van der Waals surface area (Å²) in [6.45, 7) is 0.300. The zero-order valence-electron chi connectivity index (χ0n) is 12.7. The average molecular weight is 343 g/mol. The van der Waals surface area contributed by atoms with Gasteiger partial charge in [-0.2, -0.15) is 4.31 Å². The van der Waals surface area contributed by atoms with Crippen LogP contribution in [0.3, 0.4) is 0 Å². The number of hydrogen-bond acceptors (Lipinski definition) is 6. The molecule has 1 heterocycles. The van der Waals surface area contributed by atoms with Gasteiger partial charge < -0.3 is 10.1 Å². The molecule has 0 aliphatic carbocycles. The van der Waals surface area contributed by atoms with Crippen molar-refractivity contribution in [2.24, 2.45) is 0 Å². The minimum Gasteiger partial charge on any atom is -0.494 e. The van der Waals surface area contributed by atoms with Gasteiger partial charge in [-0.15, -0.1) is 0 Å². The maximum atomic E-state index is 12.4. The van der Waals surface area contributed by atoms with Gasteiger partial charge in [-0.25, -0.2) is 8.42 Å². The van der Waals surface area contributed by atoms with Gasteiger partial charge in [0.05, 0.1) is 30.0 Å². The van der Waals surface area contributed by atoms with Crippen LogP contribution >= 0.6 is 0 Å². The highest BCUT2D eigenvalue weighted by molar-refractivity contribution is 7.88. The Bertz CT molecular complexity index is 733. The van der Waals surface area contributed by atoms with Crippen LogP contribution in [0.1, 0.15) is 12.8 Å². The Kier molecular flexibility index (Phi) is 4.85.